The van der Waals surface area contributed by atoms with Crippen LogP contribution in [-0.2, 0) is 9.53 Å². The van der Waals surface area contributed by atoms with Crippen LogP contribution in [0.2, 0.25) is 0 Å². The third kappa shape index (κ3) is 4.33. The Morgan fingerprint density at radius 3 is 2.33 bits per heavy atom. The van der Waals surface area contributed by atoms with Gasteiger partial charge in [0.1, 0.15) is 5.52 Å². The lowest BCUT2D eigenvalue weighted by molar-refractivity contribution is -0.124. The average molecular weight is 479 g/mol. The molecule has 0 fully saturated rings. The van der Waals surface area contributed by atoms with Gasteiger partial charge in [-0.3, -0.25) is 4.79 Å². The number of hydrogen-bond acceptors (Lipinski definition) is 5. The summed E-state index contributed by atoms with van der Waals surface area (Å²) in [6.07, 6.45) is -0.603. The van der Waals surface area contributed by atoms with Crippen molar-refractivity contribution >= 4 is 39.4 Å². The van der Waals surface area contributed by atoms with Crippen molar-refractivity contribution in [3.8, 4) is 11.5 Å². The largest absolute Gasteiger partial charge is 0.449 e. The second-order valence-electron chi connectivity index (χ2n) is 8.75. The van der Waals surface area contributed by atoms with Crippen LogP contribution in [0.15, 0.2) is 83.3 Å². The highest BCUT2D eigenvalue weighted by atomic mass is 16.5. The maximum Gasteiger partial charge on any atom is 0.339 e. The third-order valence-corrected chi connectivity index (χ3v) is 6.29. The molecule has 0 aliphatic rings. The van der Waals surface area contributed by atoms with Gasteiger partial charge in [0.25, 0.3) is 5.91 Å². The molecule has 0 aliphatic carbocycles. The lowest BCUT2D eigenvalue weighted by atomic mass is 9.99. The van der Waals surface area contributed by atoms with Crippen LogP contribution >= 0.6 is 0 Å². The molecule has 6 heteroatoms. The van der Waals surface area contributed by atoms with E-state index in [0.717, 1.165) is 27.7 Å². The van der Waals surface area contributed by atoms with Gasteiger partial charge in [0, 0.05) is 16.6 Å². The molecule has 0 bridgehead atoms. The monoisotopic (exact) mass is 478 g/mol. The van der Waals surface area contributed by atoms with Crippen LogP contribution in [0.4, 0.5) is 5.69 Å². The van der Waals surface area contributed by atoms with E-state index in [0.29, 0.717) is 34.4 Å². The number of aryl methyl sites for hydroxylation is 2. The molecular formula is C30H26N2O4. The highest BCUT2D eigenvalue weighted by Gasteiger charge is 2.25. The number of hydrogen-bond donors (Lipinski definition) is 1. The van der Waals surface area contributed by atoms with Gasteiger partial charge in [0.2, 0.25) is 5.89 Å². The van der Waals surface area contributed by atoms with E-state index in [9.17, 15) is 9.59 Å². The van der Waals surface area contributed by atoms with Crippen LogP contribution in [0.5, 0.6) is 0 Å². The molecule has 1 aromatic heterocycles. The van der Waals surface area contributed by atoms with E-state index in [1.165, 1.54) is 0 Å². The summed E-state index contributed by atoms with van der Waals surface area (Å²) in [6, 6.07) is 24.4. The van der Waals surface area contributed by atoms with E-state index >= 15 is 0 Å². The number of para-hydroxylation sites is 3. The predicted octanol–water partition coefficient (Wildman–Crippen LogP) is 6.84. The number of amides is 1. The number of carbonyl (C=O) groups excluding carboxylic acids is 2. The summed E-state index contributed by atoms with van der Waals surface area (Å²) in [5.74, 6) is -0.516. The second kappa shape index (κ2) is 9.66. The van der Waals surface area contributed by atoms with Crippen molar-refractivity contribution in [1.82, 2.24) is 4.98 Å². The number of ether oxygens (including phenoxy) is 1. The van der Waals surface area contributed by atoms with Gasteiger partial charge in [0.15, 0.2) is 11.7 Å². The standard InChI is InChI=1S/C30H26N2O4/c1-4-24(28(33)32-27-18(2)10-7-11-19(27)3)36-30(34)22-15-9-13-20-12-8-14-21(26(20)22)29-31-23-16-5-6-17-25(23)35-29/h5-17,24H,4H2,1-3H3,(H,32,33). The van der Waals surface area contributed by atoms with Crippen LogP contribution in [-0.4, -0.2) is 23.0 Å². The number of carbonyl (C=O) groups is 2. The van der Waals surface area contributed by atoms with E-state index in [1.54, 1.807) is 12.1 Å². The highest BCUT2D eigenvalue weighted by molar-refractivity contribution is 6.11. The zero-order valence-electron chi connectivity index (χ0n) is 20.4. The van der Waals surface area contributed by atoms with E-state index in [1.807, 2.05) is 87.5 Å². The fourth-order valence-corrected chi connectivity index (χ4v) is 4.41. The van der Waals surface area contributed by atoms with Gasteiger partial charge in [-0.1, -0.05) is 61.5 Å². The third-order valence-electron chi connectivity index (χ3n) is 6.29. The van der Waals surface area contributed by atoms with Gasteiger partial charge in [-0.2, -0.15) is 0 Å². The van der Waals surface area contributed by atoms with Gasteiger partial charge < -0.3 is 14.5 Å². The first-order valence-corrected chi connectivity index (χ1v) is 11.9. The molecule has 0 radical (unpaired) electrons. The summed E-state index contributed by atoms with van der Waals surface area (Å²) in [5.41, 5.74) is 5.06. The first kappa shape index (κ1) is 23.3. The van der Waals surface area contributed by atoms with E-state index in [4.69, 9.17) is 9.15 Å². The zero-order valence-corrected chi connectivity index (χ0v) is 20.4. The Hall–Kier alpha value is -4.45. The fourth-order valence-electron chi connectivity index (χ4n) is 4.41. The van der Waals surface area contributed by atoms with Gasteiger partial charge in [-0.25, -0.2) is 9.78 Å². The maximum absolute atomic E-state index is 13.4. The van der Waals surface area contributed by atoms with Crippen LogP contribution in [0.25, 0.3) is 33.3 Å². The molecule has 0 spiro atoms. The lowest BCUT2D eigenvalue weighted by Crippen LogP contribution is -2.32. The quantitative estimate of drug-likeness (QED) is 0.270. The highest BCUT2D eigenvalue weighted by Crippen LogP contribution is 2.33. The van der Waals surface area contributed by atoms with Crippen molar-refractivity contribution in [3.63, 3.8) is 0 Å². The van der Waals surface area contributed by atoms with Crippen molar-refractivity contribution in [1.29, 1.82) is 0 Å². The summed E-state index contributed by atoms with van der Waals surface area (Å²) in [5, 5.41) is 4.45. The number of fused-ring (bicyclic) bond motifs is 2. The molecule has 36 heavy (non-hydrogen) atoms. The van der Waals surface area contributed by atoms with Crippen LogP contribution in [0.1, 0.15) is 34.8 Å². The molecule has 5 rings (SSSR count). The Bertz CT molecular complexity index is 1540. The summed E-state index contributed by atoms with van der Waals surface area (Å²) >= 11 is 0. The average Bonchev–Trinajstić information content (AvgIpc) is 3.32. The SMILES string of the molecule is CCC(OC(=O)c1cccc2cccc(-c3nc4ccccc4o3)c12)C(=O)Nc1c(C)cccc1C. The van der Waals surface area contributed by atoms with E-state index < -0.39 is 12.1 Å². The van der Waals surface area contributed by atoms with Crippen molar-refractivity contribution in [2.45, 2.75) is 33.3 Å². The fraction of sp³-hybridized carbons (Fsp3) is 0.167. The van der Waals surface area contributed by atoms with Crippen molar-refractivity contribution in [3.05, 3.63) is 95.6 Å². The number of anilines is 1. The summed E-state index contributed by atoms with van der Waals surface area (Å²) < 4.78 is 11.8. The summed E-state index contributed by atoms with van der Waals surface area (Å²) in [7, 11) is 0. The Balaban J connectivity index is 1.48. The van der Waals surface area contributed by atoms with E-state index in [-0.39, 0.29) is 5.91 Å². The van der Waals surface area contributed by atoms with Crippen LogP contribution in [0.3, 0.4) is 0 Å². The van der Waals surface area contributed by atoms with Crippen LogP contribution < -0.4 is 5.32 Å². The number of rotatable bonds is 6. The topological polar surface area (TPSA) is 81.4 Å². The Labute approximate surface area is 208 Å². The van der Waals surface area contributed by atoms with Gasteiger partial charge in [0.05, 0.1) is 5.56 Å². The Kier molecular flexibility index (Phi) is 6.25. The zero-order chi connectivity index (χ0) is 25.2. The molecule has 6 nitrogen and oxygen atoms in total. The number of aromatic nitrogens is 1. The van der Waals surface area contributed by atoms with Crippen molar-refractivity contribution < 1.29 is 18.7 Å². The molecule has 0 saturated carbocycles. The number of esters is 1. The lowest BCUT2D eigenvalue weighted by Gasteiger charge is -2.19. The summed E-state index contributed by atoms with van der Waals surface area (Å²) in [6.45, 7) is 5.67. The molecule has 1 atom stereocenters. The molecule has 1 heterocycles. The Morgan fingerprint density at radius 1 is 0.917 bits per heavy atom. The number of benzene rings is 4. The molecular weight excluding hydrogens is 452 g/mol. The normalized spacial score (nSPS) is 12.0. The summed E-state index contributed by atoms with van der Waals surface area (Å²) in [4.78, 5) is 31.1. The molecule has 180 valence electrons. The minimum absolute atomic E-state index is 0.339. The molecule has 1 N–H and O–H groups in total. The van der Waals surface area contributed by atoms with Crippen LogP contribution in [0, 0.1) is 13.8 Å². The Morgan fingerprint density at radius 2 is 1.61 bits per heavy atom. The first-order chi connectivity index (χ1) is 17.5. The second-order valence-corrected chi connectivity index (χ2v) is 8.75. The molecule has 1 amide bonds. The van der Waals surface area contributed by atoms with E-state index in [2.05, 4.69) is 10.3 Å². The van der Waals surface area contributed by atoms with Crippen molar-refractivity contribution in [2.75, 3.05) is 5.32 Å². The smallest absolute Gasteiger partial charge is 0.339 e. The van der Waals surface area contributed by atoms with Gasteiger partial charge in [-0.15, -0.1) is 0 Å². The first-order valence-electron chi connectivity index (χ1n) is 11.9. The van der Waals surface area contributed by atoms with Crippen molar-refractivity contribution in [2.24, 2.45) is 0 Å². The van der Waals surface area contributed by atoms with Gasteiger partial charge in [-0.05, 0) is 61.0 Å². The molecule has 0 saturated heterocycles. The predicted molar refractivity (Wildman–Crippen MR) is 141 cm³/mol. The number of nitrogens with zero attached hydrogens (tertiary/aromatic N) is 1. The molecule has 1 unspecified atom stereocenters. The molecule has 0 aliphatic heterocycles. The molecule has 5 aromatic rings. The van der Waals surface area contributed by atoms with Gasteiger partial charge >= 0.3 is 5.97 Å². The molecule has 4 aromatic carbocycles. The number of nitrogens with one attached hydrogen (secondary N) is 1. The minimum atomic E-state index is -0.941. The maximum atomic E-state index is 13.4. The number of oxazole rings is 1. The minimum Gasteiger partial charge on any atom is -0.449 e.